The minimum Gasteiger partial charge on any atom is -0.494 e. The number of hydrogen-bond donors (Lipinski definition) is 3. The molecule has 20 heteroatoms. The third-order valence-electron chi connectivity index (χ3n) is 13.6. The van der Waals surface area contributed by atoms with Crippen molar-refractivity contribution in [2.45, 2.75) is 25.3 Å². The number of benzene rings is 4. The Hall–Kier alpha value is -6.95. The van der Waals surface area contributed by atoms with Crippen molar-refractivity contribution in [3.05, 3.63) is 113 Å². The van der Waals surface area contributed by atoms with Crippen LogP contribution < -0.4 is 35.8 Å². The number of anilines is 6. The lowest BCUT2D eigenvalue weighted by atomic mass is 10.0. The van der Waals surface area contributed by atoms with Crippen molar-refractivity contribution in [1.29, 1.82) is 0 Å². The van der Waals surface area contributed by atoms with Crippen LogP contribution in [0.25, 0.3) is 22.3 Å². The summed E-state index contributed by atoms with van der Waals surface area (Å²) in [7, 11) is 0.657. The molecular formula is C51H52BrFN11O6P. The van der Waals surface area contributed by atoms with Gasteiger partial charge in [0.1, 0.15) is 30.6 Å². The summed E-state index contributed by atoms with van der Waals surface area (Å²) >= 11 is 3.59. The van der Waals surface area contributed by atoms with E-state index < -0.39 is 36.8 Å². The highest BCUT2D eigenvalue weighted by molar-refractivity contribution is 9.10. The van der Waals surface area contributed by atoms with Crippen molar-refractivity contribution in [2.24, 2.45) is 13.0 Å². The predicted octanol–water partition coefficient (Wildman–Crippen LogP) is 7.24. The maximum Gasteiger partial charge on any atom is 0.262 e. The molecule has 366 valence electrons. The lowest BCUT2D eigenvalue weighted by molar-refractivity contribution is -0.136. The molecule has 0 aliphatic carbocycles. The highest BCUT2D eigenvalue weighted by Crippen LogP contribution is 2.43. The Morgan fingerprint density at radius 3 is 2.35 bits per heavy atom. The van der Waals surface area contributed by atoms with E-state index in [1.807, 2.05) is 37.6 Å². The van der Waals surface area contributed by atoms with Crippen LogP contribution in [-0.4, -0.2) is 125 Å². The molecule has 4 aliphatic heterocycles. The van der Waals surface area contributed by atoms with Crippen LogP contribution in [0.15, 0.2) is 95.9 Å². The van der Waals surface area contributed by atoms with Gasteiger partial charge in [-0.05, 0) is 96.0 Å². The molecule has 1 unspecified atom stereocenters. The number of aromatic nitrogens is 4. The number of carbonyl (C=O) groups excluding carboxylic acids is 4. The standard InChI is InChI=1S/C51H52BrFN11O6P/c1-60-29-32(25-55-60)36-23-41(57-51-54-26-38(52)47(59-51)56-40-12-9-31(21-45(40)71(3,4)69)34-7-5-6-8-39(34)53)44(70-2)24-43(36)62-19-17-61(18-20-62)27-30-15-16-63(28-30)33-10-11-35-37(22-33)50(68)64(49(35)67)42-13-14-46(65)58-48(42)66/h5-12,21-26,29-30,42H,13-20,27-28H2,1-4H3,(H,58,65,66)(H2,54,56,57,59)/t30-,42?/m0/s1. The first-order chi connectivity index (χ1) is 34.1. The maximum absolute atomic E-state index is 14.8. The van der Waals surface area contributed by atoms with Crippen molar-refractivity contribution in [3.8, 4) is 28.0 Å². The molecule has 4 aromatic carbocycles. The lowest BCUT2D eigenvalue weighted by Crippen LogP contribution is -2.54. The average molecular weight is 1040 g/mol. The predicted molar refractivity (Wildman–Crippen MR) is 275 cm³/mol. The van der Waals surface area contributed by atoms with Gasteiger partial charge >= 0.3 is 0 Å². The van der Waals surface area contributed by atoms with Gasteiger partial charge in [0.25, 0.3) is 11.8 Å². The first kappa shape index (κ1) is 47.7. The minimum absolute atomic E-state index is 0.0734. The first-order valence-electron chi connectivity index (χ1n) is 23.4. The summed E-state index contributed by atoms with van der Waals surface area (Å²) in [4.78, 5) is 68.6. The fourth-order valence-corrected chi connectivity index (χ4v) is 11.5. The highest BCUT2D eigenvalue weighted by Gasteiger charge is 2.45. The molecule has 0 spiro atoms. The van der Waals surface area contributed by atoms with Gasteiger partial charge in [-0.2, -0.15) is 10.1 Å². The molecule has 6 heterocycles. The Bertz CT molecular complexity index is 3170. The number of amides is 4. The number of halogens is 2. The van der Waals surface area contributed by atoms with Crippen LogP contribution in [0.2, 0.25) is 0 Å². The van der Waals surface area contributed by atoms with Crippen LogP contribution >= 0.6 is 23.1 Å². The van der Waals surface area contributed by atoms with E-state index in [1.165, 1.54) is 6.07 Å². The summed E-state index contributed by atoms with van der Waals surface area (Å²) in [5.41, 5.74) is 6.57. The molecule has 0 bridgehead atoms. The summed E-state index contributed by atoms with van der Waals surface area (Å²) in [6.45, 7) is 9.14. The molecular weight excluding hydrogens is 993 g/mol. The normalized spacial score (nSPS) is 18.5. The molecule has 4 amide bonds. The smallest absolute Gasteiger partial charge is 0.262 e. The zero-order valence-electron chi connectivity index (χ0n) is 39.6. The van der Waals surface area contributed by atoms with Gasteiger partial charge in [-0.1, -0.05) is 24.3 Å². The van der Waals surface area contributed by atoms with E-state index in [4.69, 9.17) is 9.72 Å². The molecule has 2 atom stereocenters. The number of piperidine rings is 1. The number of aryl methyl sites for hydroxylation is 1. The maximum atomic E-state index is 14.8. The Kier molecular flexibility index (Phi) is 13.0. The quantitative estimate of drug-likeness (QED) is 0.0776. The van der Waals surface area contributed by atoms with E-state index in [0.717, 1.165) is 79.6 Å². The number of nitrogens with zero attached hydrogens (tertiary/aromatic N) is 8. The second-order valence-corrected chi connectivity index (χ2v) is 22.8. The Labute approximate surface area is 418 Å². The van der Waals surface area contributed by atoms with Crippen LogP contribution in [0.4, 0.5) is 38.9 Å². The lowest BCUT2D eigenvalue weighted by Gasteiger charge is -2.38. The number of piperazine rings is 1. The molecule has 71 heavy (non-hydrogen) atoms. The van der Waals surface area contributed by atoms with E-state index >= 15 is 0 Å². The SMILES string of the molecule is COc1cc(N2CCN(C[C@@H]3CCN(c4ccc5c(c4)C(=O)N(C4CCC(=O)NC4=O)C5=O)C3)CC2)c(-c2cnn(C)c2)cc1Nc1ncc(Br)c(Nc2ccc(-c3ccccc3F)cc2P(C)(C)=O)n1. The molecule has 4 aliphatic rings. The number of methoxy groups -OCH3 is 1. The second-order valence-electron chi connectivity index (χ2n) is 18.7. The van der Waals surface area contributed by atoms with Crippen LogP contribution in [0.5, 0.6) is 5.75 Å². The van der Waals surface area contributed by atoms with E-state index in [-0.39, 0.29) is 35.7 Å². The molecule has 0 radical (unpaired) electrons. The zero-order valence-corrected chi connectivity index (χ0v) is 42.1. The van der Waals surface area contributed by atoms with Gasteiger partial charge in [0, 0.05) is 111 Å². The van der Waals surface area contributed by atoms with Crippen molar-refractivity contribution >= 4 is 86.5 Å². The van der Waals surface area contributed by atoms with Crippen molar-refractivity contribution < 1.29 is 32.9 Å². The van der Waals surface area contributed by atoms with Gasteiger partial charge in [0.2, 0.25) is 17.8 Å². The fourth-order valence-electron chi connectivity index (χ4n) is 10.0. The van der Waals surface area contributed by atoms with Crippen LogP contribution in [-0.2, 0) is 21.2 Å². The monoisotopic (exact) mass is 1040 g/mol. The largest absolute Gasteiger partial charge is 0.494 e. The molecule has 3 fully saturated rings. The van der Waals surface area contributed by atoms with Gasteiger partial charge in [0.05, 0.1) is 40.3 Å². The van der Waals surface area contributed by atoms with Gasteiger partial charge < -0.3 is 29.7 Å². The van der Waals surface area contributed by atoms with E-state index in [1.54, 1.807) is 79.8 Å². The molecule has 3 N–H and O–H groups in total. The number of carbonyl (C=O) groups is 4. The number of nitrogens with one attached hydrogen (secondary N) is 3. The average Bonchev–Trinajstić information content (AvgIpc) is 4.07. The van der Waals surface area contributed by atoms with Crippen molar-refractivity contribution in [3.63, 3.8) is 0 Å². The van der Waals surface area contributed by atoms with Crippen LogP contribution in [0.1, 0.15) is 40.0 Å². The summed E-state index contributed by atoms with van der Waals surface area (Å²) < 4.78 is 36.8. The fraction of sp³-hybridized carbons (Fsp3) is 0.314. The third-order valence-corrected chi connectivity index (χ3v) is 15.8. The Morgan fingerprint density at radius 1 is 0.831 bits per heavy atom. The van der Waals surface area contributed by atoms with Crippen molar-refractivity contribution in [1.82, 2.24) is 34.9 Å². The topological polar surface area (TPSA) is 187 Å². The van der Waals surface area contributed by atoms with Crippen molar-refractivity contribution in [2.75, 3.05) is 86.7 Å². The number of hydrogen-bond acceptors (Lipinski definition) is 14. The number of ether oxygens (including phenoxy) is 1. The van der Waals surface area contributed by atoms with E-state index in [9.17, 15) is 28.1 Å². The van der Waals surface area contributed by atoms with Gasteiger partial charge in [-0.15, -0.1) is 0 Å². The number of rotatable bonds is 13. The summed E-state index contributed by atoms with van der Waals surface area (Å²) in [5.74, 6) is -0.695. The summed E-state index contributed by atoms with van der Waals surface area (Å²) in [6.07, 6.45) is 6.62. The molecule has 6 aromatic rings. The minimum atomic E-state index is -2.86. The van der Waals surface area contributed by atoms with Gasteiger partial charge in [-0.3, -0.25) is 39.0 Å². The third kappa shape index (κ3) is 9.65. The van der Waals surface area contributed by atoms with Crippen LogP contribution in [0.3, 0.4) is 0 Å². The van der Waals surface area contributed by atoms with Gasteiger partial charge in [-0.25, -0.2) is 9.37 Å². The highest BCUT2D eigenvalue weighted by atomic mass is 79.9. The molecule has 10 rings (SSSR count). The van der Waals surface area contributed by atoms with E-state index in [2.05, 4.69) is 56.7 Å². The first-order valence-corrected chi connectivity index (χ1v) is 26.8. The van der Waals surface area contributed by atoms with Crippen LogP contribution in [0, 0.1) is 11.7 Å². The molecule has 17 nitrogen and oxygen atoms in total. The van der Waals surface area contributed by atoms with Gasteiger partial charge in [0.15, 0.2) is 0 Å². The molecule has 0 saturated carbocycles. The summed E-state index contributed by atoms with van der Waals surface area (Å²) in [6, 6.07) is 20.2. The summed E-state index contributed by atoms with van der Waals surface area (Å²) in [5, 5.41) is 14.0. The second kappa shape index (κ2) is 19.3. The zero-order chi connectivity index (χ0) is 49.7. The molecule has 2 aromatic heterocycles. The van der Waals surface area contributed by atoms with E-state index in [0.29, 0.717) is 49.8 Å². The number of imide groups is 2. The Morgan fingerprint density at radius 2 is 1.62 bits per heavy atom. The number of fused-ring (bicyclic) bond motifs is 1. The Balaban J connectivity index is 0.819. The molecule has 3 saturated heterocycles.